The van der Waals surface area contributed by atoms with Crippen molar-refractivity contribution in [2.45, 2.75) is 12.8 Å². The number of thiazole rings is 1. The van der Waals surface area contributed by atoms with Crippen molar-refractivity contribution >= 4 is 11.3 Å². The molecule has 4 nitrogen and oxygen atoms in total. The maximum atomic E-state index is 5.76. The van der Waals surface area contributed by atoms with E-state index in [1.807, 2.05) is 54.6 Å². The van der Waals surface area contributed by atoms with Crippen LogP contribution in [0.1, 0.15) is 12.8 Å². The smallest absolute Gasteiger partial charge is 0.282 e. The van der Waals surface area contributed by atoms with Crippen molar-refractivity contribution in [2.24, 2.45) is 5.92 Å². The second kappa shape index (κ2) is 6.93. The molecule has 0 aliphatic heterocycles. The van der Waals surface area contributed by atoms with Crippen molar-refractivity contribution in [1.29, 1.82) is 0 Å². The predicted octanol–water partition coefficient (Wildman–Crippen LogP) is 5.52. The average molecular weight is 339 g/mol. The van der Waals surface area contributed by atoms with E-state index in [0.717, 1.165) is 29.8 Å². The zero-order valence-corrected chi connectivity index (χ0v) is 13.9. The van der Waals surface area contributed by atoms with Crippen LogP contribution < -0.4 is 14.2 Å². The highest BCUT2D eigenvalue weighted by atomic mass is 32.1. The lowest BCUT2D eigenvalue weighted by molar-refractivity contribution is 0.299. The summed E-state index contributed by atoms with van der Waals surface area (Å²) in [7, 11) is 0. The fourth-order valence-electron chi connectivity index (χ4n) is 2.15. The lowest BCUT2D eigenvalue weighted by atomic mass is 10.3. The van der Waals surface area contributed by atoms with Crippen molar-refractivity contribution in [2.75, 3.05) is 6.61 Å². The minimum absolute atomic E-state index is 0.549. The largest absolute Gasteiger partial charge is 0.493 e. The van der Waals surface area contributed by atoms with Gasteiger partial charge in [0.2, 0.25) is 5.06 Å². The summed E-state index contributed by atoms with van der Waals surface area (Å²) in [6, 6.07) is 17.2. The van der Waals surface area contributed by atoms with E-state index in [9.17, 15) is 0 Å². The van der Waals surface area contributed by atoms with Crippen LogP contribution in [0.5, 0.6) is 27.5 Å². The Morgan fingerprint density at radius 3 is 2.33 bits per heavy atom. The van der Waals surface area contributed by atoms with Gasteiger partial charge in [-0.15, -0.1) is 0 Å². The molecule has 0 amide bonds. The average Bonchev–Trinajstić information content (AvgIpc) is 3.35. The minimum atomic E-state index is 0.549. The number of para-hydroxylation sites is 1. The molecular weight excluding hydrogens is 322 g/mol. The molecule has 1 fully saturated rings. The van der Waals surface area contributed by atoms with Crippen molar-refractivity contribution in [3.8, 4) is 27.5 Å². The first-order chi connectivity index (χ1) is 11.8. The van der Waals surface area contributed by atoms with Gasteiger partial charge in [0.1, 0.15) is 17.2 Å². The summed E-state index contributed by atoms with van der Waals surface area (Å²) in [4.78, 5) is 4.24. The summed E-state index contributed by atoms with van der Waals surface area (Å²) in [5.74, 6) is 3.14. The Labute approximate surface area is 144 Å². The summed E-state index contributed by atoms with van der Waals surface area (Å²) in [5.41, 5.74) is 0. The molecule has 0 bridgehead atoms. The number of benzene rings is 2. The number of ether oxygens (including phenoxy) is 3. The third kappa shape index (κ3) is 4.06. The molecule has 24 heavy (non-hydrogen) atoms. The standard InChI is InChI=1S/C19H17NO3S/c1-2-4-16(5-3-1)22-18-12-20-19(24-18)23-17-10-8-15(9-11-17)21-13-14-6-7-14/h1-5,8-12,14H,6-7,13H2. The zero-order chi connectivity index (χ0) is 16.2. The Hall–Kier alpha value is -2.53. The Bertz CT molecular complexity index is 782. The van der Waals surface area contributed by atoms with Gasteiger partial charge in [-0.2, -0.15) is 0 Å². The molecule has 0 saturated heterocycles. The van der Waals surface area contributed by atoms with Gasteiger partial charge in [0, 0.05) is 0 Å². The van der Waals surface area contributed by atoms with Gasteiger partial charge < -0.3 is 14.2 Å². The monoisotopic (exact) mass is 339 g/mol. The molecule has 0 spiro atoms. The van der Waals surface area contributed by atoms with Crippen LogP contribution in [-0.2, 0) is 0 Å². The van der Waals surface area contributed by atoms with Gasteiger partial charge in [-0.1, -0.05) is 18.2 Å². The molecule has 122 valence electrons. The van der Waals surface area contributed by atoms with Crippen LogP contribution in [0.25, 0.3) is 0 Å². The van der Waals surface area contributed by atoms with Crippen molar-refractivity contribution < 1.29 is 14.2 Å². The molecule has 0 unspecified atom stereocenters. The van der Waals surface area contributed by atoms with E-state index in [2.05, 4.69) is 4.98 Å². The lowest BCUT2D eigenvalue weighted by Crippen LogP contribution is -1.98. The first-order valence-corrected chi connectivity index (χ1v) is 8.76. The number of nitrogens with zero attached hydrogens (tertiary/aromatic N) is 1. The van der Waals surface area contributed by atoms with Crippen LogP contribution in [0.15, 0.2) is 60.8 Å². The predicted molar refractivity (Wildman–Crippen MR) is 93.4 cm³/mol. The Balaban J connectivity index is 1.34. The van der Waals surface area contributed by atoms with Crippen LogP contribution in [0.4, 0.5) is 0 Å². The number of hydrogen-bond donors (Lipinski definition) is 0. The van der Waals surface area contributed by atoms with Crippen molar-refractivity contribution in [3.63, 3.8) is 0 Å². The highest BCUT2D eigenvalue weighted by molar-refractivity contribution is 7.15. The topological polar surface area (TPSA) is 40.6 Å². The van der Waals surface area contributed by atoms with Gasteiger partial charge in [-0.05, 0) is 66.5 Å². The Kier molecular flexibility index (Phi) is 4.34. The summed E-state index contributed by atoms with van der Waals surface area (Å²) in [6.07, 6.45) is 4.25. The minimum Gasteiger partial charge on any atom is -0.493 e. The molecule has 1 saturated carbocycles. The molecule has 4 rings (SSSR count). The fraction of sp³-hybridized carbons (Fsp3) is 0.211. The fourth-order valence-corrected chi connectivity index (χ4v) is 2.81. The summed E-state index contributed by atoms with van der Waals surface area (Å²) in [6.45, 7) is 0.812. The van der Waals surface area contributed by atoms with Gasteiger partial charge >= 0.3 is 0 Å². The highest BCUT2D eigenvalue weighted by Gasteiger charge is 2.21. The van der Waals surface area contributed by atoms with E-state index in [1.165, 1.54) is 24.2 Å². The second-order valence-electron chi connectivity index (χ2n) is 5.69. The van der Waals surface area contributed by atoms with Crippen molar-refractivity contribution in [1.82, 2.24) is 4.98 Å². The lowest BCUT2D eigenvalue weighted by Gasteiger charge is -2.06. The number of hydrogen-bond acceptors (Lipinski definition) is 5. The van der Waals surface area contributed by atoms with Crippen LogP contribution >= 0.6 is 11.3 Å². The molecule has 1 aliphatic carbocycles. The van der Waals surface area contributed by atoms with Gasteiger partial charge in [0.15, 0.2) is 0 Å². The number of aromatic nitrogens is 1. The van der Waals surface area contributed by atoms with E-state index >= 15 is 0 Å². The molecule has 5 heteroatoms. The zero-order valence-electron chi connectivity index (χ0n) is 13.1. The van der Waals surface area contributed by atoms with E-state index in [0.29, 0.717) is 10.3 Å². The number of rotatable bonds is 7. The normalized spacial score (nSPS) is 13.5. The van der Waals surface area contributed by atoms with Gasteiger partial charge in [0.05, 0.1) is 12.8 Å². The third-order valence-electron chi connectivity index (χ3n) is 3.64. The third-order valence-corrected chi connectivity index (χ3v) is 4.39. The molecule has 1 aliphatic rings. The van der Waals surface area contributed by atoms with Crippen LogP contribution in [0.2, 0.25) is 0 Å². The molecule has 0 atom stereocenters. The maximum Gasteiger partial charge on any atom is 0.282 e. The summed E-state index contributed by atoms with van der Waals surface area (Å²) < 4.78 is 17.2. The maximum absolute atomic E-state index is 5.76. The molecule has 0 N–H and O–H groups in total. The first-order valence-electron chi connectivity index (χ1n) is 7.94. The molecular formula is C19H17NO3S. The van der Waals surface area contributed by atoms with E-state index in [1.54, 1.807) is 6.20 Å². The quantitative estimate of drug-likeness (QED) is 0.568. The van der Waals surface area contributed by atoms with E-state index < -0.39 is 0 Å². The van der Waals surface area contributed by atoms with Gasteiger partial charge in [0.25, 0.3) is 5.19 Å². The molecule has 1 aromatic heterocycles. The van der Waals surface area contributed by atoms with Gasteiger partial charge in [-0.3, -0.25) is 0 Å². The van der Waals surface area contributed by atoms with E-state index in [-0.39, 0.29) is 0 Å². The summed E-state index contributed by atoms with van der Waals surface area (Å²) >= 11 is 1.36. The second-order valence-corrected chi connectivity index (χ2v) is 6.64. The molecule has 2 aromatic carbocycles. The van der Waals surface area contributed by atoms with Crippen molar-refractivity contribution in [3.05, 3.63) is 60.8 Å². The van der Waals surface area contributed by atoms with Crippen LogP contribution in [0.3, 0.4) is 0 Å². The SMILES string of the molecule is c1ccc(Oc2cnc(Oc3ccc(OCC4CC4)cc3)s2)cc1. The van der Waals surface area contributed by atoms with Crippen LogP contribution in [0, 0.1) is 5.92 Å². The van der Waals surface area contributed by atoms with E-state index in [4.69, 9.17) is 14.2 Å². The highest BCUT2D eigenvalue weighted by Crippen LogP contribution is 2.34. The molecule has 1 heterocycles. The Morgan fingerprint density at radius 1 is 0.875 bits per heavy atom. The van der Waals surface area contributed by atoms with Gasteiger partial charge in [-0.25, -0.2) is 4.98 Å². The van der Waals surface area contributed by atoms with Crippen LogP contribution in [-0.4, -0.2) is 11.6 Å². The first kappa shape index (κ1) is 15.0. The molecule has 3 aromatic rings. The molecule has 0 radical (unpaired) electrons. The summed E-state index contributed by atoms with van der Waals surface area (Å²) in [5, 5.41) is 1.24. The Morgan fingerprint density at radius 2 is 1.58 bits per heavy atom.